The summed E-state index contributed by atoms with van der Waals surface area (Å²) in [6, 6.07) is 15.3. The molecule has 37 heavy (non-hydrogen) atoms. The van der Waals surface area contributed by atoms with E-state index in [1.807, 2.05) is 54.8 Å². The summed E-state index contributed by atoms with van der Waals surface area (Å²) in [6.45, 7) is 7.03. The topological polar surface area (TPSA) is 81.2 Å². The van der Waals surface area contributed by atoms with E-state index < -0.39 is 0 Å². The molecule has 0 spiro atoms. The number of para-hydroxylation sites is 1. The van der Waals surface area contributed by atoms with Gasteiger partial charge in [-0.2, -0.15) is 0 Å². The predicted octanol–water partition coefficient (Wildman–Crippen LogP) is 5.50. The number of thiazole rings is 1. The quantitative estimate of drug-likeness (QED) is 0.355. The molecule has 2 aromatic carbocycles. The van der Waals surface area contributed by atoms with Crippen LogP contribution in [0.3, 0.4) is 0 Å². The van der Waals surface area contributed by atoms with Gasteiger partial charge in [-0.25, -0.2) is 4.98 Å². The molecule has 5 rings (SSSR count). The number of aromatic nitrogens is 2. The lowest BCUT2D eigenvalue weighted by atomic mass is 10.00. The fraction of sp³-hybridized carbons (Fsp3) is 0.276. The van der Waals surface area contributed by atoms with Crippen LogP contribution in [0, 0.1) is 6.92 Å². The monoisotopic (exact) mass is 532 g/mol. The fourth-order valence-corrected chi connectivity index (χ4v) is 5.81. The van der Waals surface area contributed by atoms with Gasteiger partial charge in [0.05, 0.1) is 22.5 Å². The van der Waals surface area contributed by atoms with Crippen LogP contribution >= 0.6 is 22.9 Å². The molecule has 1 aliphatic rings. The largest absolute Gasteiger partial charge is 0.335 e. The van der Waals surface area contributed by atoms with Crippen molar-refractivity contribution < 1.29 is 4.79 Å². The molecule has 0 aliphatic carbocycles. The van der Waals surface area contributed by atoms with Gasteiger partial charge in [0.2, 0.25) is 0 Å². The molecule has 190 valence electrons. The highest BCUT2D eigenvalue weighted by atomic mass is 35.5. The summed E-state index contributed by atoms with van der Waals surface area (Å²) in [7, 11) is 0. The molecule has 1 amide bonds. The lowest BCUT2D eigenvalue weighted by molar-refractivity contribution is 0.0606. The number of carbonyl (C=O) groups is 1. The van der Waals surface area contributed by atoms with Gasteiger partial charge in [-0.05, 0) is 49.1 Å². The molecule has 8 heteroatoms. The molecular weight excluding hydrogens is 504 g/mol. The molecular formula is C29H29ClN4O2S. The Hall–Kier alpha value is -3.26. The van der Waals surface area contributed by atoms with Gasteiger partial charge in [-0.3, -0.25) is 14.2 Å². The number of benzene rings is 2. The SMILES string of the molecule is CCc1cccc(CC)c1-n1c(C)c(C(=O)N2CC(N)C2)cc(-c2nc(-c3ccc(Cl)cc3)cs2)c1=O. The molecule has 0 saturated carbocycles. The Kier molecular flexibility index (Phi) is 7.03. The van der Waals surface area contributed by atoms with Crippen molar-refractivity contribution in [1.82, 2.24) is 14.5 Å². The molecule has 0 radical (unpaired) electrons. The first-order valence-corrected chi connectivity index (χ1v) is 13.7. The Labute approximate surface area is 225 Å². The molecule has 0 unspecified atom stereocenters. The number of halogens is 1. The number of aryl methyl sites for hydroxylation is 2. The van der Waals surface area contributed by atoms with Crippen molar-refractivity contribution >= 4 is 28.8 Å². The first kappa shape index (κ1) is 25.4. The highest BCUT2D eigenvalue weighted by Gasteiger charge is 2.31. The van der Waals surface area contributed by atoms with Crippen LogP contribution in [0.25, 0.3) is 27.5 Å². The minimum absolute atomic E-state index is 0.0111. The summed E-state index contributed by atoms with van der Waals surface area (Å²) in [6.07, 6.45) is 1.53. The summed E-state index contributed by atoms with van der Waals surface area (Å²) < 4.78 is 1.73. The second kappa shape index (κ2) is 10.2. The van der Waals surface area contributed by atoms with E-state index in [1.54, 1.807) is 15.5 Å². The number of rotatable bonds is 6. The van der Waals surface area contributed by atoms with Gasteiger partial charge in [0, 0.05) is 40.8 Å². The summed E-state index contributed by atoms with van der Waals surface area (Å²) in [5.41, 5.74) is 12.0. The summed E-state index contributed by atoms with van der Waals surface area (Å²) in [5, 5.41) is 3.15. The van der Waals surface area contributed by atoms with Crippen molar-refractivity contribution in [3.63, 3.8) is 0 Å². The van der Waals surface area contributed by atoms with Crippen molar-refractivity contribution in [1.29, 1.82) is 0 Å². The lowest BCUT2D eigenvalue weighted by Crippen LogP contribution is -2.58. The number of nitrogens with zero attached hydrogens (tertiary/aromatic N) is 3. The Morgan fingerprint density at radius 1 is 1.11 bits per heavy atom. The first-order chi connectivity index (χ1) is 17.8. The number of pyridine rings is 1. The number of amides is 1. The maximum absolute atomic E-state index is 14.2. The molecule has 4 aromatic rings. The van der Waals surface area contributed by atoms with Crippen molar-refractivity contribution in [2.24, 2.45) is 5.73 Å². The number of hydrogen-bond donors (Lipinski definition) is 1. The van der Waals surface area contributed by atoms with Gasteiger partial charge >= 0.3 is 0 Å². The second-order valence-electron chi connectivity index (χ2n) is 9.34. The van der Waals surface area contributed by atoms with Gasteiger partial charge in [-0.15, -0.1) is 11.3 Å². The van der Waals surface area contributed by atoms with E-state index in [0.717, 1.165) is 40.9 Å². The van der Waals surface area contributed by atoms with Gasteiger partial charge in [0.1, 0.15) is 5.01 Å². The molecule has 1 fully saturated rings. The first-order valence-electron chi connectivity index (χ1n) is 12.5. The van der Waals surface area contributed by atoms with E-state index in [1.165, 1.54) is 11.3 Å². The van der Waals surface area contributed by atoms with Crippen LogP contribution in [0.2, 0.25) is 5.02 Å². The maximum atomic E-state index is 14.2. The van der Waals surface area contributed by atoms with Gasteiger partial charge in [-0.1, -0.05) is 55.8 Å². The number of likely N-dealkylation sites (tertiary alicyclic amines) is 1. The standard InChI is InChI=1S/C29H29ClN4O2S/c1-4-18-7-6-8-19(5-2)26(18)34-17(3)23(28(35)33-14-22(31)15-33)13-24(29(34)36)27-32-25(16-37-27)20-9-11-21(30)12-10-20/h6-13,16,22H,4-5,14-15,31H2,1-3H3. The van der Waals surface area contributed by atoms with Gasteiger partial charge in [0.15, 0.2) is 0 Å². The third kappa shape index (κ3) is 4.63. The smallest absolute Gasteiger partial charge is 0.265 e. The molecule has 2 N–H and O–H groups in total. The Morgan fingerprint density at radius 3 is 2.35 bits per heavy atom. The predicted molar refractivity (Wildman–Crippen MR) is 151 cm³/mol. The number of carbonyl (C=O) groups excluding carboxylic acids is 1. The third-order valence-electron chi connectivity index (χ3n) is 6.94. The second-order valence-corrected chi connectivity index (χ2v) is 10.6. The molecule has 3 heterocycles. The van der Waals surface area contributed by atoms with Crippen molar-refractivity contribution in [3.05, 3.63) is 91.7 Å². The lowest BCUT2D eigenvalue weighted by Gasteiger charge is -2.37. The van der Waals surface area contributed by atoms with Crippen LogP contribution in [0.15, 0.2) is 58.7 Å². The van der Waals surface area contributed by atoms with Crippen LogP contribution < -0.4 is 11.3 Å². The van der Waals surface area contributed by atoms with Crippen LogP contribution in [0.1, 0.15) is 41.0 Å². The minimum Gasteiger partial charge on any atom is -0.335 e. The zero-order chi connectivity index (χ0) is 26.3. The zero-order valence-electron chi connectivity index (χ0n) is 21.1. The fourth-order valence-electron chi connectivity index (χ4n) is 4.84. The van der Waals surface area contributed by atoms with E-state index in [2.05, 4.69) is 13.8 Å². The minimum atomic E-state index is -0.179. The number of hydrogen-bond acceptors (Lipinski definition) is 5. The van der Waals surface area contributed by atoms with Crippen LogP contribution in [0.4, 0.5) is 0 Å². The zero-order valence-corrected chi connectivity index (χ0v) is 22.7. The molecule has 6 nitrogen and oxygen atoms in total. The van der Waals surface area contributed by atoms with E-state index >= 15 is 0 Å². The highest BCUT2D eigenvalue weighted by Crippen LogP contribution is 2.31. The van der Waals surface area contributed by atoms with E-state index in [0.29, 0.717) is 39.9 Å². The van der Waals surface area contributed by atoms with E-state index in [-0.39, 0.29) is 17.5 Å². The molecule has 2 aromatic heterocycles. The molecule has 0 bridgehead atoms. The Balaban J connectivity index is 1.73. The highest BCUT2D eigenvalue weighted by molar-refractivity contribution is 7.13. The van der Waals surface area contributed by atoms with E-state index in [4.69, 9.17) is 22.3 Å². The summed E-state index contributed by atoms with van der Waals surface area (Å²) in [4.78, 5) is 34.3. The molecule has 1 saturated heterocycles. The molecule has 0 atom stereocenters. The van der Waals surface area contributed by atoms with E-state index in [9.17, 15) is 9.59 Å². The van der Waals surface area contributed by atoms with Gasteiger partial charge < -0.3 is 10.6 Å². The third-order valence-corrected chi connectivity index (χ3v) is 8.07. The summed E-state index contributed by atoms with van der Waals surface area (Å²) in [5.74, 6) is -0.115. The maximum Gasteiger partial charge on any atom is 0.265 e. The van der Waals surface area contributed by atoms with Crippen LogP contribution in [-0.2, 0) is 12.8 Å². The average Bonchev–Trinajstić information content (AvgIpc) is 3.37. The van der Waals surface area contributed by atoms with Crippen molar-refractivity contribution in [2.75, 3.05) is 13.1 Å². The van der Waals surface area contributed by atoms with Crippen LogP contribution in [-0.4, -0.2) is 39.5 Å². The normalized spacial score (nSPS) is 13.6. The number of nitrogens with two attached hydrogens (primary N) is 1. The average molecular weight is 533 g/mol. The Morgan fingerprint density at radius 2 is 1.76 bits per heavy atom. The summed E-state index contributed by atoms with van der Waals surface area (Å²) >= 11 is 7.45. The Bertz CT molecular complexity index is 1510. The molecule has 1 aliphatic heterocycles. The van der Waals surface area contributed by atoms with Gasteiger partial charge in [0.25, 0.3) is 11.5 Å². The van der Waals surface area contributed by atoms with Crippen molar-refractivity contribution in [2.45, 2.75) is 39.7 Å². The van der Waals surface area contributed by atoms with Crippen LogP contribution in [0.5, 0.6) is 0 Å². The van der Waals surface area contributed by atoms with Crippen molar-refractivity contribution in [3.8, 4) is 27.5 Å².